The number of aryl methyl sites for hydroxylation is 2. The van der Waals surface area contributed by atoms with Crippen LogP contribution in [0.25, 0.3) is 0 Å². The van der Waals surface area contributed by atoms with E-state index in [0.717, 1.165) is 22.4 Å². The van der Waals surface area contributed by atoms with Gasteiger partial charge in [0.2, 0.25) is 5.91 Å². The van der Waals surface area contributed by atoms with Gasteiger partial charge in [-0.25, -0.2) is 8.42 Å². The smallest absolute Gasteiger partial charge is 0.232 e. The monoisotopic (exact) mass is 471 g/mol. The van der Waals surface area contributed by atoms with Crippen LogP contribution in [0.3, 0.4) is 0 Å². The van der Waals surface area contributed by atoms with Crippen LogP contribution < -0.4 is 4.90 Å². The van der Waals surface area contributed by atoms with E-state index in [-0.39, 0.29) is 11.9 Å². The van der Waals surface area contributed by atoms with Gasteiger partial charge in [0, 0.05) is 30.4 Å². The highest BCUT2D eigenvalue weighted by Gasteiger charge is 2.47. The predicted octanol–water partition coefficient (Wildman–Crippen LogP) is 5.57. The van der Waals surface area contributed by atoms with Crippen molar-refractivity contribution < 1.29 is 17.9 Å². The first-order chi connectivity index (χ1) is 15.3. The van der Waals surface area contributed by atoms with Crippen LogP contribution in [0.4, 0.5) is 5.69 Å². The molecule has 1 fully saturated rings. The molecular formula is C27H37NO4S. The number of sulfone groups is 1. The average Bonchev–Trinajstić information content (AvgIpc) is 2.74. The van der Waals surface area contributed by atoms with Crippen LogP contribution in [0.5, 0.6) is 0 Å². The lowest BCUT2D eigenvalue weighted by molar-refractivity contribution is -0.126. The molecule has 2 aromatic rings. The Morgan fingerprint density at radius 1 is 1.00 bits per heavy atom. The summed E-state index contributed by atoms with van der Waals surface area (Å²) in [5.41, 5.74) is 2.98. The average molecular weight is 472 g/mol. The van der Waals surface area contributed by atoms with Gasteiger partial charge in [0.15, 0.2) is 9.84 Å². The van der Waals surface area contributed by atoms with E-state index in [2.05, 4.69) is 0 Å². The van der Waals surface area contributed by atoms with E-state index in [1.165, 1.54) is 0 Å². The van der Waals surface area contributed by atoms with E-state index < -0.39 is 20.0 Å². The fourth-order valence-corrected chi connectivity index (χ4v) is 6.64. The zero-order valence-electron chi connectivity index (χ0n) is 20.9. The Hall–Kier alpha value is -2.18. The van der Waals surface area contributed by atoms with Crippen molar-refractivity contribution in [2.24, 2.45) is 5.41 Å². The molecule has 1 aliphatic heterocycles. The van der Waals surface area contributed by atoms with Crippen LogP contribution in [0.15, 0.2) is 47.4 Å². The van der Waals surface area contributed by atoms with E-state index >= 15 is 0 Å². The Balaban J connectivity index is 2.13. The maximum Gasteiger partial charge on any atom is 0.232 e. The lowest BCUT2D eigenvalue weighted by Crippen LogP contribution is -2.44. The number of carbonyl (C=O) groups is 1. The second kappa shape index (κ2) is 9.22. The molecule has 3 rings (SSSR count). The fraction of sp³-hybridized carbons (Fsp3) is 0.519. The van der Waals surface area contributed by atoms with E-state index in [4.69, 9.17) is 4.74 Å². The minimum Gasteiger partial charge on any atom is -0.381 e. The zero-order chi connectivity index (χ0) is 24.6. The van der Waals surface area contributed by atoms with Crippen LogP contribution in [-0.2, 0) is 24.1 Å². The van der Waals surface area contributed by atoms with Gasteiger partial charge in [-0.15, -0.1) is 0 Å². The predicted molar refractivity (Wildman–Crippen MR) is 133 cm³/mol. The molecule has 5 nitrogen and oxygen atoms in total. The fourth-order valence-electron chi connectivity index (χ4n) is 4.55. The maximum absolute atomic E-state index is 14.0. The summed E-state index contributed by atoms with van der Waals surface area (Å²) in [5.74, 6) is 0.0430. The number of rotatable bonds is 5. The number of ether oxygens (including phenoxy) is 1. The molecule has 6 heteroatoms. The highest BCUT2D eigenvalue weighted by molar-refractivity contribution is 7.92. The summed E-state index contributed by atoms with van der Waals surface area (Å²) in [4.78, 5) is 15.4. The molecule has 0 radical (unpaired) electrons. The number of hydrogen-bond donors (Lipinski definition) is 0. The Morgan fingerprint density at radius 3 is 2.06 bits per heavy atom. The quantitative estimate of drug-likeness (QED) is 0.572. The maximum atomic E-state index is 14.0. The molecule has 2 aromatic carbocycles. The highest BCUT2D eigenvalue weighted by Crippen LogP contribution is 2.45. The van der Waals surface area contributed by atoms with Crippen molar-refractivity contribution in [3.05, 3.63) is 59.2 Å². The van der Waals surface area contributed by atoms with Crippen molar-refractivity contribution in [3.63, 3.8) is 0 Å². The van der Waals surface area contributed by atoms with Gasteiger partial charge in [0.05, 0.1) is 4.90 Å². The molecule has 0 atom stereocenters. The van der Waals surface area contributed by atoms with Gasteiger partial charge >= 0.3 is 0 Å². The zero-order valence-corrected chi connectivity index (χ0v) is 21.8. The van der Waals surface area contributed by atoms with Gasteiger partial charge in [-0.2, -0.15) is 0 Å². The van der Waals surface area contributed by atoms with Crippen molar-refractivity contribution in [2.45, 2.75) is 77.0 Å². The van der Waals surface area contributed by atoms with Crippen molar-refractivity contribution in [3.8, 4) is 0 Å². The standard InChI is InChI=1S/C27H37NO4S/c1-19(2)28(25(29)26(5,6)7)24-13-10-22(18-21(24)4)27(14-16-32-17-15-27)33(30,31)23-11-8-20(3)9-12-23/h8-13,18-19H,14-17H2,1-7H3. The first kappa shape index (κ1) is 25.4. The van der Waals surface area contributed by atoms with Crippen molar-refractivity contribution in [1.29, 1.82) is 0 Å². The van der Waals surface area contributed by atoms with E-state index in [0.29, 0.717) is 31.0 Å². The third-order valence-electron chi connectivity index (χ3n) is 6.51. The molecule has 0 aromatic heterocycles. The Kier molecular flexibility index (Phi) is 7.11. The van der Waals surface area contributed by atoms with Crippen LogP contribution >= 0.6 is 0 Å². The second-order valence-electron chi connectivity index (χ2n) is 10.4. The SMILES string of the molecule is Cc1ccc(S(=O)(=O)C2(c3ccc(N(C(=O)C(C)(C)C)C(C)C)c(C)c3)CCOCC2)cc1. The number of anilines is 1. The third-order valence-corrected chi connectivity index (χ3v) is 9.07. The van der Waals surface area contributed by atoms with Crippen LogP contribution in [0.2, 0.25) is 0 Å². The van der Waals surface area contributed by atoms with Gasteiger partial charge in [0.25, 0.3) is 0 Å². The largest absolute Gasteiger partial charge is 0.381 e. The van der Waals surface area contributed by atoms with Gasteiger partial charge < -0.3 is 9.64 Å². The molecule has 180 valence electrons. The Morgan fingerprint density at radius 2 is 1.58 bits per heavy atom. The number of benzene rings is 2. The van der Waals surface area contributed by atoms with Gasteiger partial charge in [-0.3, -0.25) is 4.79 Å². The summed E-state index contributed by atoms with van der Waals surface area (Å²) in [6, 6.07) is 12.8. The van der Waals surface area contributed by atoms with Crippen molar-refractivity contribution >= 4 is 21.4 Å². The van der Waals surface area contributed by atoms with Crippen LogP contribution in [0, 0.1) is 19.3 Å². The lowest BCUT2D eigenvalue weighted by Gasteiger charge is -2.38. The summed E-state index contributed by atoms with van der Waals surface area (Å²) < 4.78 is 32.5. The number of hydrogen-bond acceptors (Lipinski definition) is 4. The van der Waals surface area contributed by atoms with E-state index in [9.17, 15) is 13.2 Å². The Bertz CT molecular complexity index is 1110. The van der Waals surface area contributed by atoms with Gasteiger partial charge in [0.1, 0.15) is 4.75 Å². The number of amides is 1. The molecule has 0 saturated carbocycles. The summed E-state index contributed by atoms with van der Waals surface area (Å²) >= 11 is 0. The normalized spacial score (nSPS) is 16.6. The molecule has 0 bridgehead atoms. The highest BCUT2D eigenvalue weighted by atomic mass is 32.2. The molecule has 1 heterocycles. The molecule has 0 unspecified atom stereocenters. The second-order valence-corrected chi connectivity index (χ2v) is 12.7. The number of nitrogens with zero attached hydrogens (tertiary/aromatic N) is 1. The first-order valence-corrected chi connectivity index (χ1v) is 13.1. The minimum absolute atomic E-state index is 0.0189. The van der Waals surface area contributed by atoms with Crippen LogP contribution in [0.1, 0.15) is 64.2 Å². The van der Waals surface area contributed by atoms with Crippen molar-refractivity contribution in [1.82, 2.24) is 0 Å². The molecule has 0 N–H and O–H groups in total. The minimum atomic E-state index is -3.66. The van der Waals surface area contributed by atoms with Gasteiger partial charge in [-0.05, 0) is 69.9 Å². The molecule has 1 amide bonds. The number of carbonyl (C=O) groups excluding carboxylic acids is 1. The Labute approximate surface area is 199 Å². The van der Waals surface area contributed by atoms with Gasteiger partial charge in [-0.1, -0.05) is 50.6 Å². The van der Waals surface area contributed by atoms with Crippen LogP contribution in [-0.4, -0.2) is 33.6 Å². The molecule has 1 saturated heterocycles. The summed E-state index contributed by atoms with van der Waals surface area (Å²) in [6.45, 7) is 14.4. The summed E-state index contributed by atoms with van der Waals surface area (Å²) in [7, 11) is -3.66. The molecule has 33 heavy (non-hydrogen) atoms. The lowest BCUT2D eigenvalue weighted by atomic mass is 9.88. The molecule has 0 spiro atoms. The summed E-state index contributed by atoms with van der Waals surface area (Å²) in [6.07, 6.45) is 0.799. The molecular weight excluding hydrogens is 434 g/mol. The summed E-state index contributed by atoms with van der Waals surface area (Å²) in [5, 5.41) is 0. The first-order valence-electron chi connectivity index (χ1n) is 11.6. The third kappa shape index (κ3) is 4.73. The molecule has 1 aliphatic rings. The van der Waals surface area contributed by atoms with E-state index in [1.54, 1.807) is 12.1 Å². The molecule has 0 aliphatic carbocycles. The van der Waals surface area contributed by atoms with E-state index in [1.807, 2.05) is 83.7 Å². The topological polar surface area (TPSA) is 63.7 Å². The van der Waals surface area contributed by atoms with Crippen molar-refractivity contribution in [2.75, 3.05) is 18.1 Å².